The molecule has 1 aliphatic heterocycles. The molecule has 1 N–H and O–H groups in total. The number of likely N-dealkylation sites (tertiary alicyclic amines) is 1. The number of nitrogens with one attached hydrogen (secondary N) is 1. The van der Waals surface area contributed by atoms with Crippen molar-refractivity contribution in [3.05, 3.63) is 28.6 Å². The number of ether oxygens (including phenoxy) is 2. The van der Waals surface area contributed by atoms with Gasteiger partial charge in [0, 0.05) is 6.54 Å². The number of methoxy groups -OCH3 is 1. The van der Waals surface area contributed by atoms with Gasteiger partial charge < -0.3 is 18.9 Å². The molecule has 1 fully saturated rings. The third-order valence-electron chi connectivity index (χ3n) is 7.98. The van der Waals surface area contributed by atoms with Crippen LogP contribution in [0.15, 0.2) is 0 Å². The van der Waals surface area contributed by atoms with Gasteiger partial charge in [-0.25, -0.2) is 18.6 Å². The Morgan fingerprint density at radius 2 is 1.66 bits per heavy atom. The molecule has 2 aromatic rings. The van der Waals surface area contributed by atoms with Crippen LogP contribution in [0, 0.1) is 17.6 Å². The second kappa shape index (κ2) is 9.58. The van der Waals surface area contributed by atoms with Gasteiger partial charge in [0.1, 0.15) is 28.5 Å². The van der Waals surface area contributed by atoms with E-state index in [0.717, 1.165) is 0 Å². The predicted molar refractivity (Wildman–Crippen MR) is 141 cm³/mol. The van der Waals surface area contributed by atoms with E-state index in [9.17, 15) is 9.59 Å². The molecule has 1 unspecified atom stereocenters. The van der Waals surface area contributed by atoms with Crippen LogP contribution in [-0.2, 0) is 31.5 Å². The lowest BCUT2D eigenvalue weighted by Gasteiger charge is -2.40. The summed E-state index contributed by atoms with van der Waals surface area (Å²) in [6, 6.07) is -0.706. The highest BCUT2D eigenvalue weighted by Gasteiger charge is 2.48. The van der Waals surface area contributed by atoms with E-state index < -0.39 is 55.7 Å². The Morgan fingerprint density at radius 3 is 2.21 bits per heavy atom. The molecule has 3 atom stereocenters. The molecule has 8 nitrogen and oxygen atoms in total. The number of imidazole rings is 1. The van der Waals surface area contributed by atoms with Crippen LogP contribution < -0.4 is 0 Å². The van der Waals surface area contributed by atoms with Crippen LogP contribution in [0.1, 0.15) is 71.0 Å². The fraction of sp³-hybridized carbons (Fsp3) is 0.667. The summed E-state index contributed by atoms with van der Waals surface area (Å²) in [6.07, 6.45) is -0.317. The van der Waals surface area contributed by atoms with Crippen LogP contribution in [0.3, 0.4) is 0 Å². The molecule has 1 saturated heterocycles. The molecule has 0 bridgehead atoms. The van der Waals surface area contributed by atoms with Gasteiger partial charge in [-0.1, -0.05) is 20.8 Å². The lowest BCUT2D eigenvalue weighted by atomic mass is 10.1. The van der Waals surface area contributed by atoms with Gasteiger partial charge in [-0.3, -0.25) is 9.69 Å². The number of hydrogen-bond donors (Lipinski definition) is 1. The normalized spacial score (nSPS) is 20.8. The molecular formula is C27H39F2N3O5Si. The molecule has 4 rings (SSSR count). The minimum atomic E-state index is -2.27. The second-order valence-corrected chi connectivity index (χ2v) is 17.6. The van der Waals surface area contributed by atoms with Gasteiger partial charge in [-0.15, -0.1) is 0 Å². The number of esters is 1. The number of rotatable bonds is 4. The van der Waals surface area contributed by atoms with E-state index in [-0.39, 0.29) is 45.9 Å². The summed E-state index contributed by atoms with van der Waals surface area (Å²) in [6.45, 7) is 16.4. The van der Waals surface area contributed by atoms with E-state index in [1.165, 1.54) is 12.0 Å². The number of hydrogen-bond acceptors (Lipinski definition) is 6. The summed E-state index contributed by atoms with van der Waals surface area (Å²) < 4.78 is 48.5. The highest BCUT2D eigenvalue weighted by molar-refractivity contribution is 6.74. The predicted octanol–water partition coefficient (Wildman–Crippen LogP) is 5.80. The van der Waals surface area contributed by atoms with Crippen LogP contribution in [0.4, 0.5) is 13.6 Å². The van der Waals surface area contributed by atoms with Gasteiger partial charge >= 0.3 is 12.1 Å². The summed E-state index contributed by atoms with van der Waals surface area (Å²) in [5, 5.41) is -0.0834. The van der Waals surface area contributed by atoms with Crippen molar-refractivity contribution in [1.82, 2.24) is 14.9 Å². The first-order valence-corrected chi connectivity index (χ1v) is 16.0. The number of fused-ring (bicyclic) bond motifs is 2. The van der Waals surface area contributed by atoms with E-state index in [4.69, 9.17) is 13.9 Å². The number of aromatic amines is 1. The van der Waals surface area contributed by atoms with E-state index in [1.807, 2.05) is 0 Å². The zero-order chi connectivity index (χ0) is 28.4. The number of amides is 1. The van der Waals surface area contributed by atoms with Crippen molar-refractivity contribution in [1.29, 1.82) is 0 Å². The SMILES string of the molecule is COC(=O)C1Cc2c(c(F)c3[nH]c([C@@H]4[C@@H](O[Si](C)(C)C(C)(C)C)CCN4C(=O)OC(C)(C)C)nc3c2F)C1. The van der Waals surface area contributed by atoms with E-state index in [0.29, 0.717) is 13.0 Å². The van der Waals surface area contributed by atoms with Gasteiger partial charge in [0.05, 0.1) is 19.1 Å². The van der Waals surface area contributed by atoms with Crippen LogP contribution in [-0.4, -0.2) is 60.6 Å². The Morgan fingerprint density at radius 1 is 1.05 bits per heavy atom. The quantitative estimate of drug-likeness (QED) is 0.381. The smallest absolute Gasteiger partial charge is 0.411 e. The van der Waals surface area contributed by atoms with Gasteiger partial charge in [-0.05, 0) is 69.3 Å². The highest BCUT2D eigenvalue weighted by atomic mass is 28.4. The van der Waals surface area contributed by atoms with Crippen molar-refractivity contribution >= 4 is 31.4 Å². The molecule has 11 heteroatoms. The Labute approximate surface area is 223 Å². The Hall–Kier alpha value is -2.53. The van der Waals surface area contributed by atoms with Crippen molar-refractivity contribution in [3.8, 4) is 0 Å². The van der Waals surface area contributed by atoms with Crippen molar-refractivity contribution in [3.63, 3.8) is 0 Å². The Balaban J connectivity index is 1.77. The molecule has 1 amide bonds. The van der Waals surface area contributed by atoms with E-state index in [2.05, 4.69) is 43.8 Å². The third-order valence-corrected chi connectivity index (χ3v) is 12.5. The van der Waals surface area contributed by atoms with E-state index >= 15 is 8.78 Å². The number of aromatic nitrogens is 2. The van der Waals surface area contributed by atoms with Crippen molar-refractivity contribution in [2.24, 2.45) is 5.92 Å². The number of H-pyrrole nitrogens is 1. The van der Waals surface area contributed by atoms with Crippen LogP contribution in [0.2, 0.25) is 18.1 Å². The molecule has 2 aliphatic rings. The fourth-order valence-corrected chi connectivity index (χ4v) is 6.38. The molecule has 0 spiro atoms. The molecule has 1 aliphatic carbocycles. The first-order valence-electron chi connectivity index (χ1n) is 13.1. The summed E-state index contributed by atoms with van der Waals surface area (Å²) in [4.78, 5) is 34.3. The average Bonchev–Trinajstić information content (AvgIpc) is 3.51. The Kier molecular flexibility index (Phi) is 7.18. The summed E-state index contributed by atoms with van der Waals surface area (Å²) in [5.74, 6) is -2.18. The number of halogens is 2. The van der Waals surface area contributed by atoms with Crippen molar-refractivity contribution in [2.75, 3.05) is 13.7 Å². The zero-order valence-electron chi connectivity index (χ0n) is 23.8. The topological polar surface area (TPSA) is 93.8 Å². The average molecular weight is 552 g/mol. The standard InChI is InChI=1S/C27H39F2N3O5Si/c1-26(2,3)36-25(34)32-11-10-17(37-38(8,9)27(4,5)6)22(32)23-30-20-18(28)15-12-14(24(33)35-7)13-16(15)19(29)21(20)31-23/h14,17,22H,10-13H2,1-9H3,(H,30,31)/t17-,22-/m0/s1. The minimum absolute atomic E-state index is 0.0491. The minimum Gasteiger partial charge on any atom is -0.469 e. The molecule has 2 heterocycles. The molecule has 38 heavy (non-hydrogen) atoms. The number of carbonyl (C=O) groups excluding carboxylic acids is 2. The van der Waals surface area contributed by atoms with Crippen molar-refractivity contribution in [2.45, 2.75) is 96.7 Å². The maximum Gasteiger partial charge on any atom is 0.411 e. The zero-order valence-corrected chi connectivity index (χ0v) is 24.8. The summed E-state index contributed by atoms with van der Waals surface area (Å²) in [7, 11) is -1.01. The second-order valence-electron chi connectivity index (χ2n) is 12.9. The van der Waals surface area contributed by atoms with Crippen LogP contribution in [0.25, 0.3) is 11.0 Å². The summed E-state index contributed by atoms with van der Waals surface area (Å²) >= 11 is 0. The number of benzene rings is 1. The van der Waals surface area contributed by atoms with Gasteiger partial charge in [0.25, 0.3) is 0 Å². The van der Waals surface area contributed by atoms with Crippen molar-refractivity contribution < 1.29 is 32.3 Å². The molecule has 1 aromatic heterocycles. The molecule has 0 saturated carbocycles. The van der Waals surface area contributed by atoms with Gasteiger partial charge in [0.2, 0.25) is 0 Å². The first-order chi connectivity index (χ1) is 17.4. The largest absolute Gasteiger partial charge is 0.469 e. The van der Waals surface area contributed by atoms with Crippen LogP contribution in [0.5, 0.6) is 0 Å². The third kappa shape index (κ3) is 5.06. The first kappa shape index (κ1) is 28.5. The molecular weight excluding hydrogens is 512 g/mol. The molecule has 210 valence electrons. The maximum absolute atomic E-state index is 15.7. The van der Waals surface area contributed by atoms with Gasteiger partial charge in [0.15, 0.2) is 20.0 Å². The monoisotopic (exact) mass is 551 g/mol. The number of nitrogens with zero attached hydrogens (tertiary/aromatic N) is 2. The lowest BCUT2D eigenvalue weighted by Crippen LogP contribution is -2.46. The van der Waals surface area contributed by atoms with E-state index in [1.54, 1.807) is 20.8 Å². The maximum atomic E-state index is 15.7. The lowest BCUT2D eigenvalue weighted by molar-refractivity contribution is -0.145. The van der Waals surface area contributed by atoms with Crippen LogP contribution >= 0.6 is 0 Å². The fourth-order valence-electron chi connectivity index (χ4n) is 5.02. The molecule has 0 radical (unpaired) electrons. The van der Waals surface area contributed by atoms with Gasteiger partial charge in [-0.2, -0.15) is 0 Å². The number of carbonyl (C=O) groups is 2. The molecule has 1 aromatic carbocycles. The summed E-state index contributed by atoms with van der Waals surface area (Å²) in [5.41, 5.74) is -0.644. The Bertz CT molecular complexity index is 1220. The highest BCUT2D eigenvalue weighted by Crippen LogP contribution is 2.44.